The first-order valence-corrected chi connectivity index (χ1v) is 3.86. The third kappa shape index (κ3) is 6.84. The van der Waals surface area contributed by atoms with Crippen LogP contribution < -0.4 is 5.73 Å². The molecular formula is C8H11NO5. The minimum Gasteiger partial charge on any atom is -0.463 e. The van der Waals surface area contributed by atoms with Crippen LogP contribution in [-0.4, -0.2) is 31.1 Å². The minimum absolute atomic E-state index is 0.222. The molecule has 0 spiro atoms. The highest BCUT2D eigenvalue weighted by Crippen LogP contribution is 1.84. The summed E-state index contributed by atoms with van der Waals surface area (Å²) >= 11 is 0. The molecule has 0 saturated heterocycles. The van der Waals surface area contributed by atoms with Crippen molar-refractivity contribution in [3.63, 3.8) is 0 Å². The number of esters is 2. The van der Waals surface area contributed by atoms with Crippen LogP contribution in [0.1, 0.15) is 6.92 Å². The van der Waals surface area contributed by atoms with Gasteiger partial charge >= 0.3 is 11.9 Å². The first kappa shape index (κ1) is 12.2. The van der Waals surface area contributed by atoms with Gasteiger partial charge in [-0.25, -0.2) is 9.59 Å². The number of ether oxygens (including phenoxy) is 2. The van der Waals surface area contributed by atoms with Crippen molar-refractivity contribution in [2.24, 2.45) is 5.73 Å². The lowest BCUT2D eigenvalue weighted by molar-refractivity contribution is -0.143. The maximum absolute atomic E-state index is 10.7. The van der Waals surface area contributed by atoms with Gasteiger partial charge in [-0.05, 0) is 6.92 Å². The summed E-state index contributed by atoms with van der Waals surface area (Å²) < 4.78 is 8.82. The Labute approximate surface area is 80.7 Å². The van der Waals surface area contributed by atoms with Gasteiger partial charge in [-0.1, -0.05) is 0 Å². The molecule has 0 radical (unpaired) electrons. The van der Waals surface area contributed by atoms with E-state index in [-0.39, 0.29) is 6.61 Å². The molecule has 14 heavy (non-hydrogen) atoms. The van der Waals surface area contributed by atoms with Crippen molar-refractivity contribution in [2.75, 3.05) is 13.2 Å². The van der Waals surface area contributed by atoms with Crippen LogP contribution in [-0.2, 0) is 23.9 Å². The van der Waals surface area contributed by atoms with E-state index in [2.05, 4.69) is 9.47 Å². The highest BCUT2D eigenvalue weighted by atomic mass is 16.5. The Morgan fingerprint density at radius 1 is 1.14 bits per heavy atom. The predicted molar refractivity (Wildman–Crippen MR) is 45.9 cm³/mol. The maximum atomic E-state index is 10.7. The second-order valence-electron chi connectivity index (χ2n) is 2.16. The molecule has 0 aliphatic carbocycles. The summed E-state index contributed by atoms with van der Waals surface area (Å²) in [7, 11) is 0. The van der Waals surface area contributed by atoms with Crippen LogP contribution in [0.4, 0.5) is 0 Å². The summed E-state index contributed by atoms with van der Waals surface area (Å²) in [5.74, 6) is -2.23. The van der Waals surface area contributed by atoms with Gasteiger partial charge in [-0.2, -0.15) is 0 Å². The van der Waals surface area contributed by atoms with Crippen LogP contribution in [0.5, 0.6) is 0 Å². The maximum Gasteiger partial charge on any atom is 0.331 e. The largest absolute Gasteiger partial charge is 0.463 e. The molecule has 0 atom stereocenters. The molecule has 78 valence electrons. The Balaban J connectivity index is 3.81. The number of nitrogens with two attached hydrogens (primary N) is 1. The first-order valence-electron chi connectivity index (χ1n) is 3.86. The van der Waals surface area contributed by atoms with E-state index in [0.717, 1.165) is 12.2 Å². The summed E-state index contributed by atoms with van der Waals surface area (Å²) in [6, 6.07) is 0. The SMILES string of the molecule is CCOC(=O)/C=C/C(=O)OCC(N)=O. The number of carbonyl (C=O) groups is 3. The fraction of sp³-hybridized carbons (Fsp3) is 0.375. The number of hydrogen-bond acceptors (Lipinski definition) is 5. The lowest BCUT2D eigenvalue weighted by atomic mass is 10.5. The van der Waals surface area contributed by atoms with Gasteiger partial charge in [-0.15, -0.1) is 0 Å². The lowest BCUT2D eigenvalue weighted by Gasteiger charge is -1.97. The van der Waals surface area contributed by atoms with Crippen LogP contribution in [0.25, 0.3) is 0 Å². The molecular weight excluding hydrogens is 190 g/mol. The number of hydrogen-bond donors (Lipinski definition) is 1. The van der Waals surface area contributed by atoms with E-state index in [0.29, 0.717) is 0 Å². The summed E-state index contributed by atoms with van der Waals surface area (Å²) in [5, 5.41) is 0. The molecule has 2 N–H and O–H groups in total. The Bertz CT molecular complexity index is 258. The van der Waals surface area contributed by atoms with Crippen molar-refractivity contribution in [3.05, 3.63) is 12.2 Å². The van der Waals surface area contributed by atoms with Crippen molar-refractivity contribution in [1.29, 1.82) is 0 Å². The van der Waals surface area contributed by atoms with Crippen LogP contribution >= 0.6 is 0 Å². The molecule has 1 amide bonds. The van der Waals surface area contributed by atoms with Gasteiger partial charge < -0.3 is 15.2 Å². The molecule has 6 heteroatoms. The standard InChI is InChI=1S/C8H11NO5/c1-2-13-7(11)3-4-8(12)14-5-6(9)10/h3-4H,2,5H2,1H3,(H2,9,10)/b4-3+. The third-order valence-electron chi connectivity index (χ3n) is 0.999. The fourth-order valence-corrected chi connectivity index (χ4v) is 0.517. The van der Waals surface area contributed by atoms with E-state index >= 15 is 0 Å². The van der Waals surface area contributed by atoms with E-state index in [1.54, 1.807) is 6.92 Å². The monoisotopic (exact) mass is 201 g/mol. The number of carbonyl (C=O) groups excluding carboxylic acids is 3. The number of amides is 1. The van der Waals surface area contributed by atoms with Crippen LogP contribution in [0, 0.1) is 0 Å². The quantitative estimate of drug-likeness (QED) is 0.461. The summed E-state index contributed by atoms with van der Waals surface area (Å²) in [6.45, 7) is 1.35. The van der Waals surface area contributed by atoms with Crippen LogP contribution in [0.3, 0.4) is 0 Å². The second kappa shape index (κ2) is 6.64. The van der Waals surface area contributed by atoms with Gasteiger partial charge in [0.05, 0.1) is 6.61 Å². The van der Waals surface area contributed by atoms with Crippen molar-refractivity contribution in [1.82, 2.24) is 0 Å². The lowest BCUT2D eigenvalue weighted by Crippen LogP contribution is -2.20. The zero-order valence-electron chi connectivity index (χ0n) is 7.69. The zero-order valence-corrected chi connectivity index (χ0v) is 7.69. The minimum atomic E-state index is -0.822. The molecule has 0 rings (SSSR count). The molecule has 0 bridgehead atoms. The van der Waals surface area contributed by atoms with Crippen molar-refractivity contribution in [2.45, 2.75) is 6.92 Å². The third-order valence-corrected chi connectivity index (χ3v) is 0.999. The van der Waals surface area contributed by atoms with Gasteiger partial charge in [0.15, 0.2) is 6.61 Å². The highest BCUT2D eigenvalue weighted by Gasteiger charge is 2.01. The van der Waals surface area contributed by atoms with Gasteiger partial charge in [0, 0.05) is 12.2 Å². The molecule has 0 unspecified atom stereocenters. The van der Waals surface area contributed by atoms with Crippen LogP contribution in [0.15, 0.2) is 12.2 Å². The van der Waals surface area contributed by atoms with Crippen molar-refractivity contribution >= 4 is 17.8 Å². The molecule has 0 aromatic heterocycles. The van der Waals surface area contributed by atoms with E-state index in [1.807, 2.05) is 0 Å². The molecule has 0 fully saturated rings. The van der Waals surface area contributed by atoms with E-state index in [9.17, 15) is 14.4 Å². The second-order valence-corrected chi connectivity index (χ2v) is 2.16. The van der Waals surface area contributed by atoms with E-state index in [4.69, 9.17) is 5.73 Å². The molecule has 0 aromatic carbocycles. The first-order chi connectivity index (χ1) is 6.56. The molecule has 0 saturated carbocycles. The van der Waals surface area contributed by atoms with Crippen molar-refractivity contribution in [3.8, 4) is 0 Å². The van der Waals surface area contributed by atoms with Gasteiger partial charge in [-0.3, -0.25) is 4.79 Å². The number of rotatable bonds is 5. The fourth-order valence-electron chi connectivity index (χ4n) is 0.517. The average molecular weight is 201 g/mol. The summed E-state index contributed by atoms with van der Waals surface area (Å²) in [6.07, 6.45) is 1.77. The van der Waals surface area contributed by atoms with Gasteiger partial charge in [0.25, 0.3) is 5.91 Å². The smallest absolute Gasteiger partial charge is 0.331 e. The Hall–Kier alpha value is -1.85. The zero-order chi connectivity index (χ0) is 11.0. The Kier molecular flexibility index (Phi) is 5.77. The number of primary amides is 1. The molecule has 0 aliphatic rings. The molecule has 0 heterocycles. The highest BCUT2D eigenvalue weighted by molar-refractivity contribution is 5.92. The normalized spacial score (nSPS) is 9.79. The molecule has 0 aliphatic heterocycles. The molecule has 6 nitrogen and oxygen atoms in total. The Morgan fingerprint density at radius 2 is 1.64 bits per heavy atom. The summed E-state index contributed by atoms with van der Waals surface area (Å²) in [5.41, 5.74) is 4.71. The van der Waals surface area contributed by atoms with Crippen molar-refractivity contribution < 1.29 is 23.9 Å². The Morgan fingerprint density at radius 3 is 2.07 bits per heavy atom. The van der Waals surface area contributed by atoms with E-state index in [1.165, 1.54) is 0 Å². The summed E-state index contributed by atoms with van der Waals surface area (Å²) in [4.78, 5) is 31.6. The van der Waals surface area contributed by atoms with Crippen LogP contribution in [0.2, 0.25) is 0 Å². The van der Waals surface area contributed by atoms with E-state index < -0.39 is 24.5 Å². The topological polar surface area (TPSA) is 95.7 Å². The predicted octanol–water partition coefficient (Wildman–Crippen LogP) is -0.866. The average Bonchev–Trinajstić information content (AvgIpc) is 2.12. The van der Waals surface area contributed by atoms with Gasteiger partial charge in [0.2, 0.25) is 0 Å². The molecule has 0 aromatic rings. The van der Waals surface area contributed by atoms with Gasteiger partial charge in [0.1, 0.15) is 0 Å².